The van der Waals surface area contributed by atoms with E-state index in [4.69, 9.17) is 4.74 Å². The predicted octanol–water partition coefficient (Wildman–Crippen LogP) is 5.19. The van der Waals surface area contributed by atoms with Crippen molar-refractivity contribution in [3.63, 3.8) is 0 Å². The van der Waals surface area contributed by atoms with E-state index >= 15 is 0 Å². The highest BCUT2D eigenvalue weighted by Crippen LogP contribution is 2.39. The van der Waals surface area contributed by atoms with Crippen LogP contribution in [-0.4, -0.2) is 17.4 Å². The number of thioether (sulfide) groups is 1. The van der Waals surface area contributed by atoms with E-state index in [0.717, 1.165) is 15.7 Å². The van der Waals surface area contributed by atoms with Gasteiger partial charge in [-0.3, -0.25) is 5.32 Å². The van der Waals surface area contributed by atoms with Crippen LogP contribution in [0, 0.1) is 9.39 Å². The van der Waals surface area contributed by atoms with Crippen molar-refractivity contribution in [1.29, 1.82) is 0 Å². The summed E-state index contributed by atoms with van der Waals surface area (Å²) >= 11 is 3.73. The first kappa shape index (κ1) is 18.6. The lowest BCUT2D eigenvalue weighted by molar-refractivity contribution is 0.0550. The maximum Gasteiger partial charge on any atom is 0.412 e. The molecule has 1 aromatic carbocycles. The molecule has 0 aliphatic carbocycles. The van der Waals surface area contributed by atoms with Gasteiger partial charge in [-0.2, -0.15) is 0 Å². The number of nitrogens with one attached hydrogen (secondary N) is 1. The molecule has 23 heavy (non-hydrogen) atoms. The topological polar surface area (TPSA) is 38.3 Å². The van der Waals surface area contributed by atoms with Gasteiger partial charge in [-0.1, -0.05) is 6.92 Å². The van der Waals surface area contributed by atoms with Crippen LogP contribution in [0.5, 0.6) is 0 Å². The number of halogens is 2. The predicted molar refractivity (Wildman–Crippen MR) is 101 cm³/mol. The van der Waals surface area contributed by atoms with E-state index in [9.17, 15) is 9.18 Å². The van der Waals surface area contributed by atoms with Gasteiger partial charge in [0, 0.05) is 14.7 Å². The number of benzene rings is 1. The molecular weight excluding hydrogens is 428 g/mol. The van der Waals surface area contributed by atoms with Crippen molar-refractivity contribution in [2.24, 2.45) is 0 Å². The molecule has 6 heteroatoms. The summed E-state index contributed by atoms with van der Waals surface area (Å²) in [7, 11) is 0. The van der Waals surface area contributed by atoms with E-state index in [1.54, 1.807) is 17.8 Å². The van der Waals surface area contributed by atoms with Gasteiger partial charge in [-0.05, 0) is 79.6 Å². The van der Waals surface area contributed by atoms with Crippen molar-refractivity contribution in [3.8, 4) is 0 Å². The highest BCUT2D eigenvalue weighted by molar-refractivity contribution is 14.1. The fourth-order valence-corrected chi connectivity index (χ4v) is 4.14. The Morgan fingerprint density at radius 3 is 2.78 bits per heavy atom. The first-order valence-corrected chi connectivity index (χ1v) is 9.47. The van der Waals surface area contributed by atoms with Crippen molar-refractivity contribution in [3.05, 3.63) is 44.3 Å². The van der Waals surface area contributed by atoms with Crippen molar-refractivity contribution < 1.29 is 13.9 Å². The number of rotatable bonds is 2. The summed E-state index contributed by atoms with van der Waals surface area (Å²) in [5, 5.41) is 3.49. The zero-order valence-corrected chi connectivity index (χ0v) is 16.7. The van der Waals surface area contributed by atoms with E-state index < -0.39 is 17.1 Å². The molecule has 0 fully saturated rings. The molecule has 1 N–H and O–H groups in total. The molecule has 0 unspecified atom stereocenters. The summed E-state index contributed by atoms with van der Waals surface area (Å²) in [5.74, 6) is 0.593. The van der Waals surface area contributed by atoms with Crippen LogP contribution >= 0.6 is 34.4 Å². The number of hydrogen-bond acceptors (Lipinski definition) is 3. The number of amides is 1. The van der Waals surface area contributed by atoms with Crippen LogP contribution in [0.2, 0.25) is 0 Å². The number of allylic oxidation sites excluding steroid dienone is 1. The average molecular weight is 449 g/mol. The smallest absolute Gasteiger partial charge is 0.412 e. The minimum absolute atomic E-state index is 0.215. The molecule has 1 heterocycles. The average Bonchev–Trinajstić information content (AvgIpc) is 2.39. The molecule has 1 aliphatic heterocycles. The second-order valence-corrected chi connectivity index (χ2v) is 9.16. The van der Waals surface area contributed by atoms with Crippen LogP contribution in [0.15, 0.2) is 29.3 Å². The summed E-state index contributed by atoms with van der Waals surface area (Å²) < 4.78 is 20.5. The maximum absolute atomic E-state index is 14.3. The third-order valence-corrected chi connectivity index (χ3v) is 5.11. The van der Waals surface area contributed by atoms with E-state index in [2.05, 4.69) is 27.9 Å². The van der Waals surface area contributed by atoms with E-state index in [0.29, 0.717) is 10.6 Å². The van der Waals surface area contributed by atoms with Gasteiger partial charge in [0.2, 0.25) is 0 Å². The molecule has 126 valence electrons. The van der Waals surface area contributed by atoms with Crippen LogP contribution < -0.4 is 5.32 Å². The molecule has 3 nitrogen and oxygen atoms in total. The van der Waals surface area contributed by atoms with E-state index in [1.165, 1.54) is 6.07 Å². The monoisotopic (exact) mass is 449 g/mol. The summed E-state index contributed by atoms with van der Waals surface area (Å²) in [6.07, 6.45) is 2.26. The Kier molecular flexibility index (Phi) is 5.66. The van der Waals surface area contributed by atoms with Crippen molar-refractivity contribution in [2.45, 2.75) is 45.1 Å². The SMILES string of the molecule is CC(C)(C)OC(=O)NC1=C[C@](C)(c2cc(I)ccc2F)CCS1. The molecule has 0 aromatic heterocycles. The van der Waals surface area contributed by atoms with Gasteiger partial charge in [0.05, 0.1) is 5.03 Å². The van der Waals surface area contributed by atoms with Crippen LogP contribution in [0.25, 0.3) is 0 Å². The van der Waals surface area contributed by atoms with Crippen LogP contribution in [0.1, 0.15) is 39.7 Å². The third-order valence-electron chi connectivity index (χ3n) is 3.50. The summed E-state index contributed by atoms with van der Waals surface area (Å²) in [4.78, 5) is 11.9. The van der Waals surface area contributed by atoms with E-state index in [-0.39, 0.29) is 5.82 Å². The van der Waals surface area contributed by atoms with Crippen molar-refractivity contribution in [1.82, 2.24) is 5.32 Å². The first-order valence-electron chi connectivity index (χ1n) is 7.40. The van der Waals surface area contributed by atoms with Gasteiger partial charge in [-0.25, -0.2) is 9.18 Å². The highest BCUT2D eigenvalue weighted by Gasteiger charge is 2.32. The van der Waals surface area contributed by atoms with Gasteiger partial charge in [0.25, 0.3) is 0 Å². The Bertz CT molecular complexity index is 642. The van der Waals surface area contributed by atoms with Gasteiger partial charge in [-0.15, -0.1) is 11.8 Å². The molecule has 0 radical (unpaired) electrons. The molecule has 1 atom stereocenters. The first-order chi connectivity index (χ1) is 10.6. The third kappa shape index (κ3) is 5.11. The van der Waals surface area contributed by atoms with Gasteiger partial charge < -0.3 is 4.74 Å². The Morgan fingerprint density at radius 2 is 2.13 bits per heavy atom. The molecular formula is C17H21FINO2S. The Balaban J connectivity index is 2.23. The van der Waals surface area contributed by atoms with Crippen molar-refractivity contribution in [2.75, 3.05) is 5.75 Å². The minimum Gasteiger partial charge on any atom is -0.444 e. The largest absolute Gasteiger partial charge is 0.444 e. The van der Waals surface area contributed by atoms with Gasteiger partial charge in [0.15, 0.2) is 0 Å². The summed E-state index contributed by atoms with van der Waals surface area (Å²) in [6, 6.07) is 5.12. The quantitative estimate of drug-likeness (QED) is 0.632. The van der Waals surface area contributed by atoms with Crippen LogP contribution in [-0.2, 0) is 10.2 Å². The molecule has 1 aliphatic rings. The Hall–Kier alpha value is -0.760. The lowest BCUT2D eigenvalue weighted by Crippen LogP contribution is -2.34. The molecule has 0 saturated carbocycles. The second kappa shape index (κ2) is 7.01. The molecule has 2 rings (SSSR count). The fourth-order valence-electron chi connectivity index (χ4n) is 2.40. The molecule has 0 spiro atoms. The minimum atomic E-state index is -0.547. The van der Waals surface area contributed by atoms with Gasteiger partial charge >= 0.3 is 6.09 Å². The lowest BCUT2D eigenvalue weighted by Gasteiger charge is -2.32. The maximum atomic E-state index is 14.3. The van der Waals surface area contributed by atoms with Gasteiger partial charge in [0.1, 0.15) is 11.4 Å². The molecule has 1 amide bonds. The lowest BCUT2D eigenvalue weighted by atomic mass is 9.79. The summed E-state index contributed by atoms with van der Waals surface area (Å²) in [6.45, 7) is 7.46. The van der Waals surface area contributed by atoms with Crippen molar-refractivity contribution >= 4 is 40.4 Å². The van der Waals surface area contributed by atoms with Crippen LogP contribution in [0.4, 0.5) is 9.18 Å². The normalized spacial score (nSPS) is 21.6. The summed E-state index contributed by atoms with van der Waals surface area (Å²) in [5.41, 5.74) is -0.330. The molecule has 1 aromatic rings. The number of alkyl carbamates (subject to hydrolysis) is 1. The molecule has 0 bridgehead atoms. The number of carbonyl (C=O) groups excluding carboxylic acids is 1. The number of carbonyl (C=O) groups is 1. The standard InChI is InChI=1S/C17H21FINO2S/c1-16(2,3)22-15(21)20-14-10-17(4,7-8-23-14)12-9-11(19)5-6-13(12)18/h5-6,9-10H,7-8H2,1-4H3,(H,20,21)/t17-/m1/s1. The highest BCUT2D eigenvalue weighted by atomic mass is 127. The Morgan fingerprint density at radius 1 is 1.43 bits per heavy atom. The zero-order valence-electron chi connectivity index (χ0n) is 13.7. The zero-order chi connectivity index (χ0) is 17.3. The Labute approximate surface area is 154 Å². The van der Waals surface area contributed by atoms with Crippen LogP contribution in [0.3, 0.4) is 0 Å². The fraction of sp³-hybridized carbons (Fsp3) is 0.471. The number of ether oxygens (including phenoxy) is 1. The second-order valence-electron chi connectivity index (χ2n) is 6.78. The van der Waals surface area contributed by atoms with E-state index in [1.807, 2.05) is 39.8 Å². The number of hydrogen-bond donors (Lipinski definition) is 1. The molecule has 0 saturated heterocycles.